The second-order valence-electron chi connectivity index (χ2n) is 3.96. The van der Waals surface area contributed by atoms with Crippen LogP contribution in [0, 0.1) is 5.92 Å². The molecule has 0 amide bonds. The van der Waals surface area contributed by atoms with Crippen LogP contribution in [0.5, 0.6) is 0 Å². The van der Waals surface area contributed by atoms with E-state index in [1.54, 1.807) is 14.0 Å². The maximum Gasteiger partial charge on any atom is 0.307 e. The van der Waals surface area contributed by atoms with Gasteiger partial charge in [0.15, 0.2) is 0 Å². The van der Waals surface area contributed by atoms with E-state index in [0.717, 1.165) is 19.3 Å². The zero-order valence-electron chi connectivity index (χ0n) is 8.82. The minimum atomic E-state index is -0.746. The molecule has 0 aromatic heterocycles. The quantitative estimate of drug-likeness (QED) is 0.692. The average Bonchev–Trinajstić information content (AvgIpc) is 2.60. The van der Waals surface area contributed by atoms with Crippen molar-refractivity contribution in [2.75, 3.05) is 13.7 Å². The van der Waals surface area contributed by atoms with E-state index in [9.17, 15) is 4.79 Å². The molecule has 0 spiro atoms. The second kappa shape index (κ2) is 5.32. The Hall–Kier alpha value is -0.610. The summed E-state index contributed by atoms with van der Waals surface area (Å²) in [5.74, 6) is -1.07. The van der Waals surface area contributed by atoms with Gasteiger partial charge in [-0.1, -0.05) is 6.92 Å². The van der Waals surface area contributed by atoms with E-state index in [4.69, 9.17) is 9.84 Å². The molecule has 1 saturated carbocycles. The third-order valence-electron chi connectivity index (χ3n) is 2.86. The van der Waals surface area contributed by atoms with Gasteiger partial charge in [-0.25, -0.2) is 0 Å². The highest BCUT2D eigenvalue weighted by Crippen LogP contribution is 2.21. The number of nitrogens with one attached hydrogen (secondary N) is 1. The second-order valence-corrected chi connectivity index (χ2v) is 3.96. The van der Waals surface area contributed by atoms with Gasteiger partial charge in [0, 0.05) is 19.7 Å². The van der Waals surface area contributed by atoms with Crippen molar-refractivity contribution < 1.29 is 14.6 Å². The van der Waals surface area contributed by atoms with Crippen molar-refractivity contribution in [1.82, 2.24) is 5.32 Å². The van der Waals surface area contributed by atoms with Crippen molar-refractivity contribution in [1.29, 1.82) is 0 Å². The molecular formula is C10H19NO3. The number of carboxylic acid groups (broad SMARTS) is 1. The van der Waals surface area contributed by atoms with E-state index in [1.165, 1.54) is 0 Å². The Balaban J connectivity index is 2.26. The van der Waals surface area contributed by atoms with E-state index in [-0.39, 0.29) is 12.0 Å². The summed E-state index contributed by atoms with van der Waals surface area (Å²) in [6, 6.07) is 0.335. The van der Waals surface area contributed by atoms with Crippen LogP contribution in [-0.4, -0.2) is 36.9 Å². The third-order valence-corrected chi connectivity index (χ3v) is 2.86. The minimum Gasteiger partial charge on any atom is -0.481 e. The molecule has 82 valence electrons. The zero-order valence-corrected chi connectivity index (χ0v) is 8.82. The summed E-state index contributed by atoms with van der Waals surface area (Å²) in [6.07, 6.45) is 3.59. The van der Waals surface area contributed by atoms with Crippen LogP contribution in [0.3, 0.4) is 0 Å². The molecule has 3 atom stereocenters. The summed E-state index contributed by atoms with van der Waals surface area (Å²) in [6.45, 7) is 2.24. The monoisotopic (exact) mass is 201 g/mol. The Morgan fingerprint density at radius 2 is 2.36 bits per heavy atom. The number of carbonyl (C=O) groups is 1. The lowest BCUT2D eigenvalue weighted by atomic mass is 10.1. The van der Waals surface area contributed by atoms with E-state index < -0.39 is 5.97 Å². The Morgan fingerprint density at radius 3 is 2.93 bits per heavy atom. The number of methoxy groups -OCH3 is 1. The lowest BCUT2D eigenvalue weighted by Crippen LogP contribution is -2.40. The molecule has 0 heterocycles. The molecule has 2 N–H and O–H groups in total. The van der Waals surface area contributed by atoms with Crippen LogP contribution in [0.15, 0.2) is 0 Å². The van der Waals surface area contributed by atoms with Crippen LogP contribution in [0.25, 0.3) is 0 Å². The topological polar surface area (TPSA) is 58.6 Å². The molecule has 0 aromatic rings. The predicted molar refractivity (Wildman–Crippen MR) is 53.2 cm³/mol. The highest BCUT2D eigenvalue weighted by atomic mass is 16.5. The summed E-state index contributed by atoms with van der Waals surface area (Å²) in [7, 11) is 1.71. The van der Waals surface area contributed by atoms with E-state index in [1.807, 2.05) is 0 Å². The Labute approximate surface area is 84.6 Å². The van der Waals surface area contributed by atoms with Crippen molar-refractivity contribution in [3.05, 3.63) is 0 Å². The number of aliphatic carboxylic acids is 1. The van der Waals surface area contributed by atoms with Crippen molar-refractivity contribution in [2.45, 2.75) is 38.3 Å². The summed E-state index contributed by atoms with van der Waals surface area (Å²) >= 11 is 0. The number of hydrogen-bond donors (Lipinski definition) is 2. The van der Waals surface area contributed by atoms with E-state index in [0.29, 0.717) is 12.6 Å². The van der Waals surface area contributed by atoms with E-state index in [2.05, 4.69) is 5.32 Å². The first kappa shape index (κ1) is 11.5. The van der Waals surface area contributed by atoms with Crippen molar-refractivity contribution in [2.24, 2.45) is 5.92 Å². The third kappa shape index (κ3) is 2.96. The maximum atomic E-state index is 10.6. The predicted octanol–water partition coefficient (Wildman–Crippen LogP) is 0.864. The van der Waals surface area contributed by atoms with Gasteiger partial charge in [0.25, 0.3) is 0 Å². The molecule has 14 heavy (non-hydrogen) atoms. The SMILES string of the molecule is COC1CCCC1NCC(C)C(=O)O. The van der Waals surface area contributed by atoms with Gasteiger partial charge in [-0.3, -0.25) is 4.79 Å². The maximum absolute atomic E-state index is 10.6. The molecule has 0 bridgehead atoms. The number of carboxylic acids is 1. The van der Waals surface area contributed by atoms with Crippen LogP contribution in [-0.2, 0) is 9.53 Å². The molecule has 1 aliphatic carbocycles. The van der Waals surface area contributed by atoms with Gasteiger partial charge in [0.05, 0.1) is 12.0 Å². The van der Waals surface area contributed by atoms with Crippen LogP contribution < -0.4 is 5.32 Å². The Kier molecular flexibility index (Phi) is 4.35. The summed E-state index contributed by atoms with van der Waals surface area (Å²) < 4.78 is 5.31. The summed E-state index contributed by atoms with van der Waals surface area (Å²) in [4.78, 5) is 10.6. The molecule has 4 heteroatoms. The molecule has 0 aliphatic heterocycles. The van der Waals surface area contributed by atoms with Crippen molar-refractivity contribution in [3.8, 4) is 0 Å². The lowest BCUT2D eigenvalue weighted by Gasteiger charge is -2.20. The molecule has 1 rings (SSSR count). The Morgan fingerprint density at radius 1 is 1.64 bits per heavy atom. The first-order valence-electron chi connectivity index (χ1n) is 5.14. The highest BCUT2D eigenvalue weighted by Gasteiger charge is 2.27. The van der Waals surface area contributed by atoms with Gasteiger partial charge in [0.1, 0.15) is 0 Å². The van der Waals surface area contributed by atoms with Gasteiger partial charge in [-0.15, -0.1) is 0 Å². The van der Waals surface area contributed by atoms with Gasteiger partial charge in [-0.2, -0.15) is 0 Å². The molecular weight excluding hydrogens is 182 g/mol. The molecule has 1 aliphatic rings. The fourth-order valence-electron chi connectivity index (χ4n) is 1.86. The summed E-state index contributed by atoms with van der Waals surface area (Å²) in [5.41, 5.74) is 0. The first-order chi connectivity index (χ1) is 6.65. The first-order valence-corrected chi connectivity index (χ1v) is 5.14. The standard InChI is InChI=1S/C10H19NO3/c1-7(10(12)13)6-11-8-4-3-5-9(8)14-2/h7-9,11H,3-6H2,1-2H3,(H,12,13). The molecule has 3 unspecified atom stereocenters. The molecule has 1 fully saturated rings. The van der Waals surface area contributed by atoms with Gasteiger partial charge in [0.2, 0.25) is 0 Å². The molecule has 0 aromatic carbocycles. The average molecular weight is 201 g/mol. The summed E-state index contributed by atoms with van der Waals surface area (Å²) in [5, 5.41) is 12.0. The highest BCUT2D eigenvalue weighted by molar-refractivity contribution is 5.69. The smallest absolute Gasteiger partial charge is 0.307 e. The number of rotatable bonds is 5. The van der Waals surface area contributed by atoms with Crippen molar-refractivity contribution >= 4 is 5.97 Å². The van der Waals surface area contributed by atoms with Crippen LogP contribution in [0.1, 0.15) is 26.2 Å². The number of ether oxygens (including phenoxy) is 1. The lowest BCUT2D eigenvalue weighted by molar-refractivity contribution is -0.141. The van der Waals surface area contributed by atoms with Crippen LogP contribution >= 0.6 is 0 Å². The minimum absolute atomic E-state index is 0.260. The van der Waals surface area contributed by atoms with E-state index >= 15 is 0 Å². The van der Waals surface area contributed by atoms with Gasteiger partial charge in [-0.05, 0) is 19.3 Å². The Bertz CT molecular complexity index is 196. The van der Waals surface area contributed by atoms with Crippen LogP contribution in [0.2, 0.25) is 0 Å². The normalized spacial score (nSPS) is 29.0. The number of hydrogen-bond acceptors (Lipinski definition) is 3. The fourth-order valence-corrected chi connectivity index (χ4v) is 1.86. The van der Waals surface area contributed by atoms with Crippen molar-refractivity contribution in [3.63, 3.8) is 0 Å². The molecule has 0 saturated heterocycles. The zero-order chi connectivity index (χ0) is 10.6. The van der Waals surface area contributed by atoms with Gasteiger partial charge >= 0.3 is 5.97 Å². The molecule has 4 nitrogen and oxygen atoms in total. The fraction of sp³-hybridized carbons (Fsp3) is 0.900. The molecule has 0 radical (unpaired) electrons. The van der Waals surface area contributed by atoms with Gasteiger partial charge < -0.3 is 15.2 Å². The van der Waals surface area contributed by atoms with Crippen LogP contribution in [0.4, 0.5) is 0 Å². The largest absolute Gasteiger partial charge is 0.481 e.